The molecular formula is C24H29IN4O3. The van der Waals surface area contributed by atoms with Gasteiger partial charge in [0.2, 0.25) is 5.88 Å². The molecule has 0 aliphatic rings. The minimum Gasteiger partial charge on any atom is -0.497 e. The van der Waals surface area contributed by atoms with Crippen LogP contribution in [0.5, 0.6) is 17.4 Å². The molecule has 0 saturated heterocycles. The van der Waals surface area contributed by atoms with Gasteiger partial charge in [0.1, 0.15) is 11.5 Å². The molecular weight excluding hydrogens is 519 g/mol. The minimum absolute atomic E-state index is 0. The molecule has 0 saturated carbocycles. The number of aliphatic hydroxyl groups is 1. The molecule has 0 bridgehead atoms. The van der Waals surface area contributed by atoms with E-state index in [1.54, 1.807) is 20.4 Å². The van der Waals surface area contributed by atoms with Gasteiger partial charge in [0.25, 0.3) is 0 Å². The van der Waals surface area contributed by atoms with Crippen LogP contribution in [0.3, 0.4) is 0 Å². The van der Waals surface area contributed by atoms with Gasteiger partial charge in [0.05, 0.1) is 13.7 Å². The number of aliphatic imine (C=N–C) groups is 1. The number of hydrogen-bond donors (Lipinski definition) is 3. The second-order valence-electron chi connectivity index (χ2n) is 6.88. The van der Waals surface area contributed by atoms with Crippen LogP contribution in [0.15, 0.2) is 77.9 Å². The predicted octanol–water partition coefficient (Wildman–Crippen LogP) is 3.94. The van der Waals surface area contributed by atoms with Gasteiger partial charge >= 0.3 is 0 Å². The Morgan fingerprint density at radius 3 is 2.47 bits per heavy atom. The highest BCUT2D eigenvalue weighted by Gasteiger charge is 2.11. The molecule has 0 spiro atoms. The van der Waals surface area contributed by atoms with Crippen molar-refractivity contribution in [2.45, 2.75) is 12.5 Å². The lowest BCUT2D eigenvalue weighted by Crippen LogP contribution is -2.39. The Hall–Kier alpha value is -2.85. The minimum atomic E-state index is -0.00513. The Morgan fingerprint density at radius 1 is 1.03 bits per heavy atom. The molecule has 170 valence electrons. The van der Waals surface area contributed by atoms with E-state index >= 15 is 0 Å². The fraction of sp³-hybridized carbons (Fsp3) is 0.250. The van der Waals surface area contributed by atoms with Gasteiger partial charge in [0.15, 0.2) is 5.96 Å². The SMILES string of the molecule is CN=C(NCc1ccc(Oc2cccc(OC)c2)nc1)NCC(CO)c1ccccc1.I. The van der Waals surface area contributed by atoms with Crippen molar-refractivity contribution in [3.8, 4) is 17.4 Å². The number of guanidine groups is 1. The lowest BCUT2D eigenvalue weighted by molar-refractivity contribution is 0.265. The number of ether oxygens (including phenoxy) is 2. The van der Waals surface area contributed by atoms with Crippen LogP contribution >= 0.6 is 24.0 Å². The summed E-state index contributed by atoms with van der Waals surface area (Å²) >= 11 is 0. The van der Waals surface area contributed by atoms with Crippen LogP contribution in [0.2, 0.25) is 0 Å². The van der Waals surface area contributed by atoms with Crippen LogP contribution in [-0.4, -0.2) is 43.4 Å². The first-order valence-corrected chi connectivity index (χ1v) is 10.1. The number of benzene rings is 2. The third kappa shape index (κ3) is 7.69. The number of aliphatic hydroxyl groups excluding tert-OH is 1. The molecule has 0 radical (unpaired) electrons. The molecule has 7 nitrogen and oxygen atoms in total. The summed E-state index contributed by atoms with van der Waals surface area (Å²) in [5.74, 6) is 2.56. The number of rotatable bonds is 9. The maximum absolute atomic E-state index is 9.71. The summed E-state index contributed by atoms with van der Waals surface area (Å²) in [6.45, 7) is 1.19. The Bertz CT molecular complexity index is 968. The molecule has 0 aliphatic heterocycles. The number of halogens is 1. The van der Waals surface area contributed by atoms with Gasteiger partial charge in [-0.3, -0.25) is 4.99 Å². The summed E-state index contributed by atoms with van der Waals surface area (Å²) in [6, 6.07) is 21.1. The van der Waals surface area contributed by atoms with Crippen LogP contribution < -0.4 is 20.1 Å². The van der Waals surface area contributed by atoms with Gasteiger partial charge in [-0.05, 0) is 23.3 Å². The molecule has 0 fully saturated rings. The molecule has 2 aromatic carbocycles. The van der Waals surface area contributed by atoms with E-state index in [0.717, 1.165) is 16.9 Å². The number of aromatic nitrogens is 1. The average molecular weight is 548 g/mol. The highest BCUT2D eigenvalue weighted by molar-refractivity contribution is 14.0. The molecule has 3 N–H and O–H groups in total. The summed E-state index contributed by atoms with van der Waals surface area (Å²) in [6.07, 6.45) is 1.76. The summed E-state index contributed by atoms with van der Waals surface area (Å²) in [5.41, 5.74) is 2.08. The fourth-order valence-corrected chi connectivity index (χ4v) is 3.00. The first-order valence-electron chi connectivity index (χ1n) is 10.1. The Morgan fingerprint density at radius 2 is 1.81 bits per heavy atom. The maximum atomic E-state index is 9.71. The molecule has 8 heteroatoms. The number of nitrogens with one attached hydrogen (secondary N) is 2. The van der Waals surface area contributed by atoms with Crippen molar-refractivity contribution in [3.63, 3.8) is 0 Å². The zero-order valence-electron chi connectivity index (χ0n) is 18.2. The van der Waals surface area contributed by atoms with Crippen molar-refractivity contribution in [1.82, 2.24) is 15.6 Å². The van der Waals surface area contributed by atoms with Gasteiger partial charge in [-0.2, -0.15) is 0 Å². The van der Waals surface area contributed by atoms with Crippen molar-refractivity contribution < 1.29 is 14.6 Å². The Kier molecular flexibility index (Phi) is 10.8. The van der Waals surface area contributed by atoms with Crippen molar-refractivity contribution in [3.05, 3.63) is 84.1 Å². The zero-order valence-corrected chi connectivity index (χ0v) is 20.5. The Labute approximate surface area is 205 Å². The maximum Gasteiger partial charge on any atom is 0.219 e. The van der Waals surface area contributed by atoms with Crippen molar-refractivity contribution in [2.75, 3.05) is 27.3 Å². The zero-order chi connectivity index (χ0) is 21.9. The molecule has 1 heterocycles. The number of pyridine rings is 1. The number of nitrogens with zero attached hydrogens (tertiary/aromatic N) is 2. The van der Waals surface area contributed by atoms with E-state index in [4.69, 9.17) is 9.47 Å². The van der Waals surface area contributed by atoms with Crippen molar-refractivity contribution in [2.24, 2.45) is 4.99 Å². The number of hydrogen-bond acceptors (Lipinski definition) is 5. The van der Waals surface area contributed by atoms with E-state index in [1.807, 2.05) is 66.7 Å². The van der Waals surface area contributed by atoms with E-state index in [1.165, 1.54) is 0 Å². The van der Waals surface area contributed by atoms with Gasteiger partial charge in [-0.1, -0.05) is 42.5 Å². The van der Waals surface area contributed by atoms with E-state index < -0.39 is 0 Å². The summed E-state index contributed by atoms with van der Waals surface area (Å²) in [7, 11) is 3.34. The fourth-order valence-electron chi connectivity index (χ4n) is 3.00. The van der Waals surface area contributed by atoms with E-state index in [9.17, 15) is 5.11 Å². The largest absolute Gasteiger partial charge is 0.497 e. The van der Waals surface area contributed by atoms with Crippen LogP contribution in [0.25, 0.3) is 0 Å². The van der Waals surface area contributed by atoms with E-state index in [2.05, 4.69) is 20.6 Å². The summed E-state index contributed by atoms with van der Waals surface area (Å²) in [4.78, 5) is 8.61. The second-order valence-corrected chi connectivity index (χ2v) is 6.88. The van der Waals surface area contributed by atoms with Crippen LogP contribution in [0.4, 0.5) is 0 Å². The lowest BCUT2D eigenvalue weighted by Gasteiger charge is -2.18. The van der Waals surface area contributed by atoms with E-state index in [0.29, 0.717) is 30.7 Å². The molecule has 1 atom stereocenters. The molecule has 3 aromatic rings. The van der Waals surface area contributed by atoms with Crippen molar-refractivity contribution in [1.29, 1.82) is 0 Å². The Balaban J connectivity index is 0.00000363. The smallest absolute Gasteiger partial charge is 0.219 e. The molecule has 32 heavy (non-hydrogen) atoms. The molecule has 0 amide bonds. The predicted molar refractivity (Wildman–Crippen MR) is 137 cm³/mol. The van der Waals surface area contributed by atoms with Gasteiger partial charge < -0.3 is 25.2 Å². The highest BCUT2D eigenvalue weighted by Crippen LogP contribution is 2.23. The summed E-state index contributed by atoms with van der Waals surface area (Å²) in [5, 5.41) is 16.2. The average Bonchev–Trinajstić information content (AvgIpc) is 2.83. The topological polar surface area (TPSA) is 88.0 Å². The molecule has 1 aromatic heterocycles. The second kappa shape index (κ2) is 13.5. The normalized spacial score (nSPS) is 11.8. The molecule has 3 rings (SSSR count). The highest BCUT2D eigenvalue weighted by atomic mass is 127. The first kappa shape index (κ1) is 25.4. The quantitative estimate of drug-likeness (QED) is 0.213. The third-order valence-corrected chi connectivity index (χ3v) is 4.75. The van der Waals surface area contributed by atoms with Crippen molar-refractivity contribution >= 4 is 29.9 Å². The van der Waals surface area contributed by atoms with Crippen LogP contribution in [0.1, 0.15) is 17.0 Å². The van der Waals surface area contributed by atoms with Gasteiger partial charge in [0, 0.05) is 44.4 Å². The van der Waals surface area contributed by atoms with Gasteiger partial charge in [-0.25, -0.2) is 4.98 Å². The molecule has 1 unspecified atom stereocenters. The standard InChI is InChI=1S/C24H28N4O3.HI/c1-25-24(28-16-20(17-29)19-7-4-3-5-8-19)27-15-18-11-12-23(26-14-18)31-22-10-6-9-21(13-22)30-2;/h3-14,20,29H,15-17H2,1-2H3,(H2,25,27,28);1H. The third-order valence-electron chi connectivity index (χ3n) is 4.75. The number of methoxy groups -OCH3 is 1. The van der Waals surface area contributed by atoms with Crippen LogP contribution in [-0.2, 0) is 6.54 Å². The lowest BCUT2D eigenvalue weighted by atomic mass is 10.0. The van der Waals surface area contributed by atoms with Crippen LogP contribution in [0, 0.1) is 0 Å². The molecule has 0 aliphatic carbocycles. The van der Waals surface area contributed by atoms with E-state index in [-0.39, 0.29) is 36.5 Å². The first-order chi connectivity index (χ1) is 15.2. The summed E-state index contributed by atoms with van der Waals surface area (Å²) < 4.78 is 11.0. The monoisotopic (exact) mass is 548 g/mol. The van der Waals surface area contributed by atoms with Gasteiger partial charge in [-0.15, -0.1) is 24.0 Å².